The summed E-state index contributed by atoms with van der Waals surface area (Å²) in [5, 5.41) is 11.5. The van der Waals surface area contributed by atoms with Gasteiger partial charge in [-0.3, -0.25) is 4.79 Å². The zero-order valence-electron chi connectivity index (χ0n) is 9.82. The molecule has 0 aromatic heterocycles. The van der Waals surface area contributed by atoms with E-state index in [9.17, 15) is 13.6 Å². The lowest BCUT2D eigenvalue weighted by atomic mass is 10.0. The molecule has 0 radical (unpaired) electrons. The average Bonchev–Trinajstić information content (AvgIpc) is 3.17. The number of nitrogens with zero attached hydrogens (tertiary/aromatic N) is 1. The smallest absolute Gasteiger partial charge is 0.159 e. The second-order valence-electron chi connectivity index (χ2n) is 4.35. The summed E-state index contributed by atoms with van der Waals surface area (Å²) in [5.41, 5.74) is -0.0461. The zero-order chi connectivity index (χ0) is 14.0. The highest BCUT2D eigenvalue weighted by Gasteiger charge is 2.37. The van der Waals surface area contributed by atoms with Gasteiger partial charge in [0.2, 0.25) is 0 Å². The molecule has 3 nitrogen and oxygen atoms in total. The summed E-state index contributed by atoms with van der Waals surface area (Å²) in [6, 6.07) is 4.77. The molecule has 98 valence electrons. The van der Waals surface area contributed by atoms with Gasteiger partial charge in [-0.25, -0.2) is 8.78 Å². The molecule has 1 saturated carbocycles. The molecule has 1 fully saturated rings. The fraction of sp³-hybridized carbons (Fsp3) is 0.308. The van der Waals surface area contributed by atoms with E-state index in [1.54, 1.807) is 0 Å². The van der Waals surface area contributed by atoms with E-state index in [0.717, 1.165) is 18.9 Å². The highest BCUT2D eigenvalue weighted by Crippen LogP contribution is 2.33. The average molecular weight is 280 g/mol. The van der Waals surface area contributed by atoms with Crippen molar-refractivity contribution in [3.8, 4) is 6.07 Å². The second kappa shape index (κ2) is 5.41. The van der Waals surface area contributed by atoms with Crippen molar-refractivity contribution in [2.45, 2.75) is 12.8 Å². The minimum Gasteiger partial charge on any atom is -0.346 e. The Labute approximate surface area is 114 Å². The van der Waals surface area contributed by atoms with Crippen LogP contribution in [0, 0.1) is 34.8 Å². The number of Topliss-reactive ketones (excluding diaryl/α,β-unsaturated/α-hetero) is 1. The number of nitriles is 1. The van der Waals surface area contributed by atoms with E-state index in [1.165, 1.54) is 6.07 Å². The van der Waals surface area contributed by atoms with Crippen molar-refractivity contribution in [2.24, 2.45) is 11.8 Å². The molecule has 19 heavy (non-hydrogen) atoms. The van der Waals surface area contributed by atoms with Crippen molar-refractivity contribution in [3.63, 3.8) is 0 Å². The maximum Gasteiger partial charge on any atom is 0.159 e. The molecule has 0 heterocycles. The van der Waals surface area contributed by atoms with E-state index in [1.807, 2.05) is 6.07 Å². The van der Waals surface area contributed by atoms with Crippen LogP contribution in [0.2, 0.25) is 0 Å². The molecule has 1 aromatic carbocycles. The summed E-state index contributed by atoms with van der Waals surface area (Å²) in [5.74, 6) is -2.95. The lowest BCUT2D eigenvalue weighted by molar-refractivity contribution is -0.120. The summed E-state index contributed by atoms with van der Waals surface area (Å²) in [6.45, 7) is 0. The highest BCUT2D eigenvalue weighted by atomic mass is 32.1. The molecule has 1 atom stereocenters. The van der Waals surface area contributed by atoms with Gasteiger partial charge in [-0.2, -0.15) is 5.26 Å². The number of halogens is 2. The molecule has 1 N–H and O–H groups in total. The number of benzene rings is 1. The van der Waals surface area contributed by atoms with Gasteiger partial charge in [0.1, 0.15) is 16.6 Å². The standard InChI is InChI=1S/C13H10F2N2OS/c14-8-3-4-11(10(15)5-8)17-13(19)9(6-16)12(18)7-1-2-7/h3-5,7,9H,1-2H2,(H,17,19). The van der Waals surface area contributed by atoms with Crippen molar-refractivity contribution in [3.05, 3.63) is 29.8 Å². The van der Waals surface area contributed by atoms with Crippen LogP contribution in [-0.4, -0.2) is 10.8 Å². The van der Waals surface area contributed by atoms with Crippen LogP contribution >= 0.6 is 12.2 Å². The van der Waals surface area contributed by atoms with Gasteiger partial charge in [-0.15, -0.1) is 0 Å². The number of rotatable bonds is 4. The predicted molar refractivity (Wildman–Crippen MR) is 69.4 cm³/mol. The third-order valence-corrected chi connectivity index (χ3v) is 3.18. The van der Waals surface area contributed by atoms with E-state index in [-0.39, 0.29) is 22.4 Å². The molecular formula is C13H10F2N2OS. The molecule has 0 aliphatic heterocycles. The number of ketones is 1. The fourth-order valence-corrected chi connectivity index (χ4v) is 1.93. The number of carbonyl (C=O) groups is 1. The van der Waals surface area contributed by atoms with Gasteiger partial charge >= 0.3 is 0 Å². The van der Waals surface area contributed by atoms with Crippen LogP contribution in [0.1, 0.15) is 12.8 Å². The van der Waals surface area contributed by atoms with Crippen LogP contribution in [0.5, 0.6) is 0 Å². The van der Waals surface area contributed by atoms with Crippen LogP contribution in [0.15, 0.2) is 18.2 Å². The van der Waals surface area contributed by atoms with E-state index in [2.05, 4.69) is 5.32 Å². The van der Waals surface area contributed by atoms with Crippen molar-refractivity contribution < 1.29 is 13.6 Å². The Morgan fingerprint density at radius 3 is 2.68 bits per heavy atom. The molecule has 0 saturated heterocycles. The van der Waals surface area contributed by atoms with Crippen molar-refractivity contribution >= 4 is 28.7 Å². The minimum absolute atomic E-state index is 0.0461. The number of hydrogen-bond donors (Lipinski definition) is 1. The summed E-state index contributed by atoms with van der Waals surface area (Å²) < 4.78 is 26.2. The Bertz CT molecular complexity index is 578. The number of hydrogen-bond acceptors (Lipinski definition) is 3. The first-order chi connectivity index (χ1) is 9.02. The van der Waals surface area contributed by atoms with Crippen LogP contribution in [-0.2, 0) is 4.79 Å². The van der Waals surface area contributed by atoms with Gasteiger partial charge in [-0.1, -0.05) is 12.2 Å². The van der Waals surface area contributed by atoms with Crippen molar-refractivity contribution in [1.82, 2.24) is 0 Å². The topological polar surface area (TPSA) is 52.9 Å². The molecule has 6 heteroatoms. The van der Waals surface area contributed by atoms with E-state index in [0.29, 0.717) is 6.07 Å². The molecule has 1 aliphatic carbocycles. The fourth-order valence-electron chi connectivity index (χ4n) is 1.65. The number of carbonyl (C=O) groups excluding carboxylic acids is 1. The number of nitrogens with one attached hydrogen (secondary N) is 1. The van der Waals surface area contributed by atoms with Gasteiger partial charge < -0.3 is 5.32 Å². The molecule has 0 spiro atoms. The van der Waals surface area contributed by atoms with E-state index in [4.69, 9.17) is 17.5 Å². The lowest BCUT2D eigenvalue weighted by Crippen LogP contribution is -2.28. The van der Waals surface area contributed by atoms with Crippen molar-refractivity contribution in [2.75, 3.05) is 5.32 Å². The van der Waals surface area contributed by atoms with Crippen LogP contribution in [0.25, 0.3) is 0 Å². The van der Waals surface area contributed by atoms with Crippen LogP contribution in [0.3, 0.4) is 0 Å². The Balaban J connectivity index is 2.11. The molecular weight excluding hydrogens is 270 g/mol. The van der Waals surface area contributed by atoms with Crippen LogP contribution in [0.4, 0.5) is 14.5 Å². The zero-order valence-corrected chi connectivity index (χ0v) is 10.6. The quantitative estimate of drug-likeness (QED) is 0.862. The summed E-state index contributed by atoms with van der Waals surface area (Å²) in [7, 11) is 0. The number of thiocarbonyl (C=S) groups is 1. The molecule has 1 unspecified atom stereocenters. The monoisotopic (exact) mass is 280 g/mol. The Hall–Kier alpha value is -1.87. The Morgan fingerprint density at radius 1 is 1.47 bits per heavy atom. The summed E-state index contributed by atoms with van der Waals surface area (Å²) >= 11 is 4.96. The molecule has 0 bridgehead atoms. The lowest BCUT2D eigenvalue weighted by Gasteiger charge is -2.12. The Kier molecular flexibility index (Phi) is 3.86. The van der Waals surface area contributed by atoms with E-state index >= 15 is 0 Å². The third-order valence-electron chi connectivity index (χ3n) is 2.84. The SMILES string of the molecule is N#CC(C(=O)C1CC1)C(=S)Nc1ccc(F)cc1F. The van der Waals surface area contributed by atoms with Gasteiger partial charge in [-0.05, 0) is 25.0 Å². The largest absolute Gasteiger partial charge is 0.346 e. The van der Waals surface area contributed by atoms with Crippen LogP contribution < -0.4 is 5.32 Å². The third kappa shape index (κ3) is 3.12. The molecule has 1 aromatic rings. The first kappa shape index (κ1) is 13.6. The number of anilines is 1. The van der Waals surface area contributed by atoms with Gasteiger partial charge in [0, 0.05) is 12.0 Å². The first-order valence-electron chi connectivity index (χ1n) is 5.72. The highest BCUT2D eigenvalue weighted by molar-refractivity contribution is 7.80. The Morgan fingerprint density at radius 2 is 2.16 bits per heavy atom. The second-order valence-corrected chi connectivity index (χ2v) is 4.79. The van der Waals surface area contributed by atoms with Gasteiger partial charge in [0.15, 0.2) is 11.7 Å². The predicted octanol–water partition coefficient (Wildman–Crippen LogP) is 2.82. The summed E-state index contributed by atoms with van der Waals surface area (Å²) in [4.78, 5) is 11.8. The van der Waals surface area contributed by atoms with Gasteiger partial charge in [0.25, 0.3) is 0 Å². The first-order valence-corrected chi connectivity index (χ1v) is 6.13. The summed E-state index contributed by atoms with van der Waals surface area (Å²) in [6.07, 6.45) is 1.54. The molecule has 1 aliphatic rings. The van der Waals surface area contributed by atoms with E-state index < -0.39 is 17.6 Å². The molecule has 2 rings (SSSR count). The normalized spacial score (nSPS) is 15.4. The van der Waals surface area contributed by atoms with Gasteiger partial charge in [0.05, 0.1) is 11.8 Å². The molecule has 0 amide bonds. The maximum atomic E-state index is 13.4. The minimum atomic E-state index is -1.08. The maximum absolute atomic E-state index is 13.4. The van der Waals surface area contributed by atoms with Crippen molar-refractivity contribution in [1.29, 1.82) is 5.26 Å².